The van der Waals surface area contributed by atoms with Crippen LogP contribution < -0.4 is 10.4 Å². The molecule has 1 N–H and O–H groups in total. The number of aromatic hydroxyl groups is 1. The Balaban J connectivity index is 2.20. The summed E-state index contributed by atoms with van der Waals surface area (Å²) in [5, 5.41) is 11.4. The Morgan fingerprint density at radius 3 is 2.57 bits per heavy atom. The van der Waals surface area contributed by atoms with Gasteiger partial charge in [-0.25, -0.2) is 4.79 Å². The van der Waals surface area contributed by atoms with E-state index in [-0.39, 0.29) is 34.5 Å². The summed E-state index contributed by atoms with van der Waals surface area (Å²) in [5.74, 6) is -0.361. The molecule has 0 unspecified atom stereocenters. The maximum absolute atomic E-state index is 13.1. The Morgan fingerprint density at radius 2 is 1.89 bits per heavy atom. The Morgan fingerprint density at radius 1 is 1.18 bits per heavy atom. The van der Waals surface area contributed by atoms with Crippen LogP contribution in [0.5, 0.6) is 11.5 Å². The van der Waals surface area contributed by atoms with Gasteiger partial charge in [0.25, 0.3) is 0 Å². The first-order valence-electron chi connectivity index (χ1n) is 9.16. The van der Waals surface area contributed by atoms with E-state index in [0.29, 0.717) is 22.9 Å². The number of fused-ring (bicyclic) bond motifs is 3. The van der Waals surface area contributed by atoms with Crippen molar-refractivity contribution < 1.29 is 19.1 Å². The molecule has 1 aliphatic heterocycles. The zero-order valence-corrected chi connectivity index (χ0v) is 15.7. The van der Waals surface area contributed by atoms with E-state index in [2.05, 4.69) is 6.58 Å². The second kappa shape index (κ2) is 6.68. The smallest absolute Gasteiger partial charge is 0.336 e. The predicted molar refractivity (Wildman–Crippen MR) is 107 cm³/mol. The van der Waals surface area contributed by atoms with Crippen molar-refractivity contribution in [3.05, 3.63) is 70.6 Å². The SMILES string of the molecule is C=CCc1c2c(c3oc(=O)cc(-c4ccccc4)c3c1O)C(=O)[C@@H](C)[C@@H](C)O2. The van der Waals surface area contributed by atoms with Crippen LogP contribution in [0.1, 0.15) is 29.8 Å². The number of hydrogen-bond acceptors (Lipinski definition) is 5. The third kappa shape index (κ3) is 2.62. The average molecular weight is 376 g/mol. The lowest BCUT2D eigenvalue weighted by Gasteiger charge is -2.30. The highest BCUT2D eigenvalue weighted by Gasteiger charge is 2.37. The number of phenols is 1. The van der Waals surface area contributed by atoms with Gasteiger partial charge in [-0.1, -0.05) is 43.3 Å². The first-order valence-corrected chi connectivity index (χ1v) is 9.16. The van der Waals surface area contributed by atoms with Gasteiger partial charge >= 0.3 is 5.63 Å². The van der Waals surface area contributed by atoms with Crippen molar-refractivity contribution in [2.45, 2.75) is 26.4 Å². The molecule has 5 heteroatoms. The summed E-state index contributed by atoms with van der Waals surface area (Å²) in [6.45, 7) is 7.33. The van der Waals surface area contributed by atoms with Crippen molar-refractivity contribution in [1.82, 2.24) is 0 Å². The normalized spacial score (nSPS) is 18.6. The highest BCUT2D eigenvalue weighted by atomic mass is 16.5. The molecule has 1 aromatic heterocycles. The number of hydrogen-bond donors (Lipinski definition) is 1. The van der Waals surface area contributed by atoms with Crippen molar-refractivity contribution in [1.29, 1.82) is 0 Å². The summed E-state index contributed by atoms with van der Waals surface area (Å²) >= 11 is 0. The Kier molecular flexibility index (Phi) is 4.30. The van der Waals surface area contributed by atoms with E-state index in [1.165, 1.54) is 6.07 Å². The van der Waals surface area contributed by atoms with Gasteiger partial charge in [-0.15, -0.1) is 6.58 Å². The maximum Gasteiger partial charge on any atom is 0.336 e. The van der Waals surface area contributed by atoms with Gasteiger partial charge < -0.3 is 14.3 Å². The molecular weight excluding hydrogens is 356 g/mol. The lowest BCUT2D eigenvalue weighted by molar-refractivity contribution is 0.0728. The minimum Gasteiger partial charge on any atom is -0.507 e. The van der Waals surface area contributed by atoms with Crippen LogP contribution in [-0.4, -0.2) is 17.0 Å². The van der Waals surface area contributed by atoms with Gasteiger partial charge in [0.15, 0.2) is 11.4 Å². The second-order valence-corrected chi connectivity index (χ2v) is 7.05. The van der Waals surface area contributed by atoms with E-state index in [9.17, 15) is 14.7 Å². The molecule has 2 aromatic carbocycles. The molecule has 3 aromatic rings. The Labute approximate surface area is 161 Å². The predicted octanol–water partition coefficient (Wildman–Crippen LogP) is 4.49. The molecule has 0 fully saturated rings. The molecule has 5 nitrogen and oxygen atoms in total. The molecule has 0 saturated carbocycles. The van der Waals surface area contributed by atoms with E-state index in [4.69, 9.17) is 9.15 Å². The van der Waals surface area contributed by atoms with Gasteiger partial charge in [0.2, 0.25) is 0 Å². The summed E-state index contributed by atoms with van der Waals surface area (Å²) in [7, 11) is 0. The van der Waals surface area contributed by atoms with Crippen LogP contribution in [0, 0.1) is 5.92 Å². The first kappa shape index (κ1) is 18.0. The summed E-state index contributed by atoms with van der Waals surface area (Å²) in [6, 6.07) is 10.6. The number of phenolic OH excluding ortho intramolecular Hbond substituents is 1. The van der Waals surface area contributed by atoms with Crippen LogP contribution >= 0.6 is 0 Å². The highest BCUT2D eigenvalue weighted by Crippen LogP contribution is 2.47. The largest absolute Gasteiger partial charge is 0.507 e. The topological polar surface area (TPSA) is 76.7 Å². The molecule has 142 valence electrons. The summed E-state index contributed by atoms with van der Waals surface area (Å²) < 4.78 is 11.4. The molecule has 0 aliphatic carbocycles. The number of Topliss-reactive ketones (excluding diaryl/α,β-unsaturated/α-hetero) is 1. The van der Waals surface area contributed by atoms with Crippen LogP contribution in [-0.2, 0) is 6.42 Å². The van der Waals surface area contributed by atoms with Crippen LogP contribution in [0.4, 0.5) is 0 Å². The Bertz CT molecular complexity index is 1160. The zero-order chi connectivity index (χ0) is 20.0. The third-order valence-corrected chi connectivity index (χ3v) is 5.31. The van der Waals surface area contributed by atoms with Crippen molar-refractivity contribution in [2.24, 2.45) is 5.92 Å². The van der Waals surface area contributed by atoms with E-state index >= 15 is 0 Å². The Hall–Kier alpha value is -3.34. The van der Waals surface area contributed by atoms with Crippen LogP contribution in [0.2, 0.25) is 0 Å². The van der Waals surface area contributed by atoms with Crippen molar-refractivity contribution in [2.75, 3.05) is 0 Å². The molecule has 0 radical (unpaired) electrons. The number of ether oxygens (including phenoxy) is 1. The fourth-order valence-corrected chi connectivity index (χ4v) is 3.68. The van der Waals surface area contributed by atoms with Crippen molar-refractivity contribution in [3.8, 4) is 22.6 Å². The molecule has 0 spiro atoms. The number of carbonyl (C=O) groups excluding carboxylic acids is 1. The van der Waals surface area contributed by atoms with E-state index < -0.39 is 11.5 Å². The molecular formula is C23H20O5. The van der Waals surface area contributed by atoms with E-state index in [0.717, 1.165) is 5.56 Å². The summed E-state index contributed by atoms with van der Waals surface area (Å²) in [4.78, 5) is 25.4. The average Bonchev–Trinajstić information content (AvgIpc) is 2.69. The molecule has 0 bridgehead atoms. The number of allylic oxidation sites excluding steroid dienone is 1. The maximum atomic E-state index is 13.1. The van der Waals surface area contributed by atoms with Crippen molar-refractivity contribution >= 4 is 16.8 Å². The van der Waals surface area contributed by atoms with Crippen LogP contribution in [0.25, 0.3) is 22.1 Å². The van der Waals surface area contributed by atoms with Crippen LogP contribution in [0.3, 0.4) is 0 Å². The molecule has 28 heavy (non-hydrogen) atoms. The van der Waals surface area contributed by atoms with Gasteiger partial charge in [0.1, 0.15) is 23.2 Å². The van der Waals surface area contributed by atoms with Gasteiger partial charge in [-0.3, -0.25) is 4.79 Å². The molecule has 2 atom stereocenters. The number of ketones is 1. The summed E-state index contributed by atoms with van der Waals surface area (Å²) in [5.41, 5.74) is 1.40. The monoisotopic (exact) mass is 376 g/mol. The number of carbonyl (C=O) groups is 1. The van der Waals surface area contributed by atoms with Gasteiger partial charge in [-0.05, 0) is 18.9 Å². The third-order valence-electron chi connectivity index (χ3n) is 5.31. The van der Waals surface area contributed by atoms with Gasteiger partial charge in [0.05, 0.1) is 11.3 Å². The highest BCUT2D eigenvalue weighted by molar-refractivity contribution is 6.15. The lowest BCUT2D eigenvalue weighted by atomic mass is 9.86. The van der Waals surface area contributed by atoms with Crippen molar-refractivity contribution in [3.63, 3.8) is 0 Å². The van der Waals surface area contributed by atoms with E-state index in [1.807, 2.05) is 30.3 Å². The van der Waals surface area contributed by atoms with Crippen LogP contribution in [0.15, 0.2) is 58.3 Å². The molecule has 2 heterocycles. The first-order chi connectivity index (χ1) is 13.4. The zero-order valence-electron chi connectivity index (χ0n) is 15.7. The minimum atomic E-state index is -0.594. The number of rotatable bonds is 3. The second-order valence-electron chi connectivity index (χ2n) is 7.05. The quantitative estimate of drug-likeness (QED) is 0.538. The standard InChI is InChI=1S/C23H20O5/c1-4-8-15-21(26)18-16(14-9-6-5-7-10-14)11-17(24)28-23(18)19-20(25)12(2)13(3)27-22(15)19/h4-7,9-13,26H,1,8H2,2-3H3/t12-,13+/m0/s1. The fourth-order valence-electron chi connectivity index (χ4n) is 3.68. The minimum absolute atomic E-state index is 0.0641. The van der Waals surface area contributed by atoms with E-state index in [1.54, 1.807) is 19.9 Å². The molecule has 4 rings (SSSR count). The molecule has 0 saturated heterocycles. The van der Waals surface area contributed by atoms with Gasteiger partial charge in [-0.2, -0.15) is 0 Å². The van der Waals surface area contributed by atoms with Gasteiger partial charge in [0, 0.05) is 17.2 Å². The fraction of sp³-hybridized carbons (Fsp3) is 0.217. The molecule has 1 aliphatic rings. The molecule has 0 amide bonds. The lowest BCUT2D eigenvalue weighted by Crippen LogP contribution is -2.34. The number of benzene rings is 2. The summed E-state index contributed by atoms with van der Waals surface area (Å²) in [6.07, 6.45) is 1.59.